The summed E-state index contributed by atoms with van der Waals surface area (Å²) in [5.74, 6) is 0. The summed E-state index contributed by atoms with van der Waals surface area (Å²) < 4.78 is 5.56. The Hall–Kier alpha value is -0.740. The SMILES string of the molecule is CCCCOC(=O)Nc1ccc(Cl)s1. The third-order valence-electron chi connectivity index (χ3n) is 1.53. The van der Waals surface area contributed by atoms with Crippen LogP contribution < -0.4 is 5.32 Å². The average Bonchev–Trinajstić information content (AvgIpc) is 2.52. The zero-order chi connectivity index (χ0) is 10.4. The monoisotopic (exact) mass is 233 g/mol. The van der Waals surface area contributed by atoms with Crippen molar-refractivity contribution in [2.75, 3.05) is 11.9 Å². The number of hydrogen-bond acceptors (Lipinski definition) is 3. The average molecular weight is 234 g/mol. The first kappa shape index (κ1) is 11.3. The molecule has 1 rings (SSSR count). The maximum absolute atomic E-state index is 11.1. The standard InChI is InChI=1S/C9H12ClNO2S/c1-2-3-6-13-9(12)11-8-5-4-7(10)14-8/h4-5H,2-3,6H2,1H3,(H,11,12). The summed E-state index contributed by atoms with van der Waals surface area (Å²) in [7, 11) is 0. The molecule has 1 aromatic rings. The number of ether oxygens (including phenoxy) is 1. The molecule has 3 nitrogen and oxygen atoms in total. The van der Waals surface area contributed by atoms with E-state index in [4.69, 9.17) is 16.3 Å². The Morgan fingerprint density at radius 1 is 1.64 bits per heavy atom. The topological polar surface area (TPSA) is 38.3 Å². The number of thiophene rings is 1. The van der Waals surface area contributed by atoms with Gasteiger partial charge in [-0.2, -0.15) is 0 Å². The Labute approximate surface area is 92.0 Å². The maximum atomic E-state index is 11.1. The van der Waals surface area contributed by atoms with Crippen molar-refractivity contribution in [2.24, 2.45) is 0 Å². The van der Waals surface area contributed by atoms with Crippen molar-refractivity contribution < 1.29 is 9.53 Å². The van der Waals surface area contributed by atoms with Crippen molar-refractivity contribution in [3.05, 3.63) is 16.5 Å². The molecule has 0 aromatic carbocycles. The lowest BCUT2D eigenvalue weighted by atomic mass is 10.4. The van der Waals surface area contributed by atoms with Crippen LogP contribution in [0.3, 0.4) is 0 Å². The Morgan fingerprint density at radius 2 is 2.43 bits per heavy atom. The number of rotatable bonds is 4. The molecule has 0 fully saturated rings. The van der Waals surface area contributed by atoms with Crippen LogP contribution in [0.1, 0.15) is 19.8 Å². The largest absolute Gasteiger partial charge is 0.449 e. The van der Waals surface area contributed by atoms with Gasteiger partial charge >= 0.3 is 6.09 Å². The number of hydrogen-bond donors (Lipinski definition) is 1. The summed E-state index contributed by atoms with van der Waals surface area (Å²) in [5.41, 5.74) is 0. The molecule has 0 aliphatic rings. The van der Waals surface area contributed by atoms with Crippen molar-refractivity contribution in [2.45, 2.75) is 19.8 Å². The van der Waals surface area contributed by atoms with Crippen molar-refractivity contribution in [3.8, 4) is 0 Å². The van der Waals surface area contributed by atoms with Gasteiger partial charge in [0.1, 0.15) is 0 Å². The minimum absolute atomic E-state index is 0.419. The summed E-state index contributed by atoms with van der Waals surface area (Å²) in [4.78, 5) is 11.1. The zero-order valence-corrected chi connectivity index (χ0v) is 9.45. The molecular weight excluding hydrogens is 222 g/mol. The van der Waals surface area contributed by atoms with Gasteiger partial charge in [0.05, 0.1) is 15.9 Å². The van der Waals surface area contributed by atoms with E-state index >= 15 is 0 Å². The van der Waals surface area contributed by atoms with Crippen LogP contribution in [-0.4, -0.2) is 12.7 Å². The molecule has 1 N–H and O–H groups in total. The van der Waals surface area contributed by atoms with Gasteiger partial charge in [-0.05, 0) is 18.6 Å². The first-order valence-electron chi connectivity index (χ1n) is 4.41. The van der Waals surface area contributed by atoms with Gasteiger partial charge in [-0.1, -0.05) is 24.9 Å². The molecule has 0 unspecified atom stereocenters. The Bertz CT molecular complexity index is 301. The molecule has 78 valence electrons. The predicted molar refractivity (Wildman–Crippen MR) is 59.2 cm³/mol. The van der Waals surface area contributed by atoms with E-state index in [1.807, 2.05) is 6.92 Å². The lowest BCUT2D eigenvalue weighted by Gasteiger charge is -2.03. The molecule has 0 radical (unpaired) electrons. The first-order valence-corrected chi connectivity index (χ1v) is 5.61. The number of amides is 1. The number of halogens is 1. The van der Waals surface area contributed by atoms with Crippen molar-refractivity contribution >= 4 is 34.0 Å². The highest BCUT2D eigenvalue weighted by molar-refractivity contribution is 7.20. The van der Waals surface area contributed by atoms with Gasteiger partial charge in [-0.15, -0.1) is 11.3 Å². The van der Waals surface area contributed by atoms with Gasteiger partial charge < -0.3 is 4.74 Å². The summed E-state index contributed by atoms with van der Waals surface area (Å²) >= 11 is 7.01. The number of nitrogens with one attached hydrogen (secondary N) is 1. The molecule has 0 aliphatic heterocycles. The quantitative estimate of drug-likeness (QED) is 0.805. The van der Waals surface area contributed by atoms with Crippen LogP contribution in [0, 0.1) is 0 Å². The van der Waals surface area contributed by atoms with Gasteiger partial charge in [-0.25, -0.2) is 4.79 Å². The van der Waals surface area contributed by atoms with E-state index in [-0.39, 0.29) is 0 Å². The molecule has 0 bridgehead atoms. The second kappa shape index (κ2) is 5.88. The number of carbonyl (C=O) groups excluding carboxylic acids is 1. The minimum Gasteiger partial charge on any atom is -0.449 e. The molecule has 14 heavy (non-hydrogen) atoms. The van der Waals surface area contributed by atoms with Gasteiger partial charge in [-0.3, -0.25) is 5.32 Å². The Kier molecular flexibility index (Phi) is 4.76. The lowest BCUT2D eigenvalue weighted by molar-refractivity contribution is 0.160. The highest BCUT2D eigenvalue weighted by Crippen LogP contribution is 2.25. The van der Waals surface area contributed by atoms with Crippen LogP contribution in [0.25, 0.3) is 0 Å². The highest BCUT2D eigenvalue weighted by Gasteiger charge is 2.04. The van der Waals surface area contributed by atoms with Crippen LogP contribution in [0.5, 0.6) is 0 Å². The van der Waals surface area contributed by atoms with E-state index in [2.05, 4.69) is 5.32 Å². The molecule has 0 saturated carbocycles. The van der Waals surface area contributed by atoms with Crippen LogP contribution in [-0.2, 0) is 4.74 Å². The fourth-order valence-corrected chi connectivity index (χ4v) is 1.76. The molecular formula is C9H12ClNO2S. The molecule has 1 aromatic heterocycles. The summed E-state index contributed by atoms with van der Waals surface area (Å²) in [6.07, 6.45) is 1.48. The van der Waals surface area contributed by atoms with Crippen LogP contribution in [0.4, 0.5) is 9.80 Å². The third-order valence-corrected chi connectivity index (χ3v) is 2.68. The smallest absolute Gasteiger partial charge is 0.412 e. The lowest BCUT2D eigenvalue weighted by Crippen LogP contribution is -2.13. The van der Waals surface area contributed by atoms with E-state index in [1.165, 1.54) is 11.3 Å². The predicted octanol–water partition coefficient (Wildman–Crippen LogP) is 3.75. The van der Waals surface area contributed by atoms with Crippen LogP contribution >= 0.6 is 22.9 Å². The Balaban J connectivity index is 2.27. The molecule has 0 saturated heterocycles. The summed E-state index contributed by atoms with van der Waals surface area (Å²) in [6.45, 7) is 2.50. The van der Waals surface area contributed by atoms with Gasteiger partial charge in [0.25, 0.3) is 0 Å². The third kappa shape index (κ3) is 3.98. The number of anilines is 1. The molecule has 0 aliphatic carbocycles. The first-order chi connectivity index (χ1) is 6.72. The van der Waals surface area contributed by atoms with E-state index in [1.54, 1.807) is 12.1 Å². The van der Waals surface area contributed by atoms with Gasteiger partial charge in [0, 0.05) is 0 Å². The van der Waals surface area contributed by atoms with E-state index in [0.717, 1.165) is 12.8 Å². The molecule has 5 heteroatoms. The van der Waals surface area contributed by atoms with Crippen molar-refractivity contribution in [1.82, 2.24) is 0 Å². The van der Waals surface area contributed by atoms with E-state index in [0.29, 0.717) is 15.9 Å². The number of unbranched alkanes of at least 4 members (excludes halogenated alkanes) is 1. The summed E-state index contributed by atoms with van der Waals surface area (Å²) in [6, 6.07) is 3.47. The zero-order valence-electron chi connectivity index (χ0n) is 7.88. The highest BCUT2D eigenvalue weighted by atomic mass is 35.5. The number of carbonyl (C=O) groups is 1. The Morgan fingerprint density at radius 3 is 3.00 bits per heavy atom. The van der Waals surface area contributed by atoms with Crippen LogP contribution in [0.15, 0.2) is 12.1 Å². The fourth-order valence-electron chi connectivity index (χ4n) is 0.827. The van der Waals surface area contributed by atoms with E-state index < -0.39 is 6.09 Å². The molecule has 0 spiro atoms. The minimum atomic E-state index is -0.419. The van der Waals surface area contributed by atoms with Crippen molar-refractivity contribution in [1.29, 1.82) is 0 Å². The summed E-state index contributed by atoms with van der Waals surface area (Å²) in [5, 5.41) is 3.30. The normalized spacial score (nSPS) is 9.86. The molecule has 1 heterocycles. The van der Waals surface area contributed by atoms with Crippen molar-refractivity contribution in [3.63, 3.8) is 0 Å². The fraction of sp³-hybridized carbons (Fsp3) is 0.444. The molecule has 1 amide bonds. The van der Waals surface area contributed by atoms with E-state index in [9.17, 15) is 4.79 Å². The van der Waals surface area contributed by atoms with Gasteiger partial charge in [0.15, 0.2) is 0 Å². The van der Waals surface area contributed by atoms with Crippen LogP contribution in [0.2, 0.25) is 4.34 Å². The van der Waals surface area contributed by atoms with Gasteiger partial charge in [0.2, 0.25) is 0 Å². The maximum Gasteiger partial charge on any atom is 0.412 e. The molecule has 0 atom stereocenters. The second-order valence-corrected chi connectivity index (χ2v) is 4.43. The second-order valence-electron chi connectivity index (χ2n) is 2.72.